The minimum atomic E-state index is -0.341. The molecule has 5 aromatic rings. The van der Waals surface area contributed by atoms with Gasteiger partial charge < -0.3 is 18.6 Å². The zero-order valence-corrected chi connectivity index (χ0v) is 21.3. The predicted octanol–water partition coefficient (Wildman–Crippen LogP) is 6.15. The molecule has 0 amide bonds. The Hall–Kier alpha value is -4.30. The molecule has 2 aromatic heterocycles. The summed E-state index contributed by atoms with van der Waals surface area (Å²) in [6, 6.07) is 17.8. The molecule has 0 fully saturated rings. The third-order valence-corrected chi connectivity index (χ3v) is 5.94. The number of rotatable bonds is 8. The minimum Gasteiger partial charge on any atom is -0.496 e. The van der Waals surface area contributed by atoms with Gasteiger partial charge in [-0.15, -0.1) is 0 Å². The van der Waals surface area contributed by atoms with Crippen LogP contribution >= 0.6 is 11.6 Å². The fourth-order valence-electron chi connectivity index (χ4n) is 4.05. The van der Waals surface area contributed by atoms with Gasteiger partial charge in [0, 0.05) is 0 Å². The molecule has 188 valence electrons. The number of hydrogen-bond donors (Lipinski definition) is 0. The van der Waals surface area contributed by atoms with Crippen LogP contribution in [-0.2, 0) is 0 Å². The van der Waals surface area contributed by atoms with Crippen molar-refractivity contribution in [1.29, 1.82) is 0 Å². The van der Waals surface area contributed by atoms with Crippen molar-refractivity contribution >= 4 is 39.7 Å². The topological polar surface area (TPSA) is 88.1 Å². The Morgan fingerprint density at radius 1 is 1.00 bits per heavy atom. The highest BCUT2D eigenvalue weighted by Crippen LogP contribution is 2.36. The standard InChI is InChI=1S/C28H24ClN3O5/c1-4-35-24-14-17(13-20(29)26(24)36-5-2)16-30-32-27(31-21-10-7-6-9-18(21)28(32)33)25-15-19-22(34-3)11-8-12-23(19)37-25/h6-16H,4-5H2,1-3H3. The van der Waals surface area contributed by atoms with E-state index in [0.29, 0.717) is 63.3 Å². The van der Waals surface area contributed by atoms with Crippen LogP contribution in [-0.4, -0.2) is 36.2 Å². The Morgan fingerprint density at radius 3 is 2.59 bits per heavy atom. The molecule has 0 atom stereocenters. The van der Waals surface area contributed by atoms with E-state index in [1.807, 2.05) is 38.1 Å². The van der Waals surface area contributed by atoms with E-state index in [4.69, 9.17) is 35.2 Å². The molecule has 0 saturated heterocycles. The van der Waals surface area contributed by atoms with Crippen LogP contribution in [0.1, 0.15) is 19.4 Å². The van der Waals surface area contributed by atoms with E-state index >= 15 is 0 Å². The Kier molecular flexibility index (Phi) is 6.83. The van der Waals surface area contributed by atoms with E-state index < -0.39 is 0 Å². The maximum absolute atomic E-state index is 13.5. The Morgan fingerprint density at radius 2 is 1.81 bits per heavy atom. The number of halogens is 1. The fourth-order valence-corrected chi connectivity index (χ4v) is 4.32. The van der Waals surface area contributed by atoms with Gasteiger partial charge in [-0.3, -0.25) is 4.79 Å². The van der Waals surface area contributed by atoms with E-state index in [2.05, 4.69) is 5.10 Å². The number of furan rings is 1. The van der Waals surface area contributed by atoms with Crippen molar-refractivity contribution in [3.63, 3.8) is 0 Å². The van der Waals surface area contributed by atoms with Crippen molar-refractivity contribution in [2.24, 2.45) is 5.10 Å². The molecule has 0 unspecified atom stereocenters. The molecule has 0 bridgehead atoms. The molecule has 0 saturated carbocycles. The van der Waals surface area contributed by atoms with Gasteiger partial charge >= 0.3 is 0 Å². The summed E-state index contributed by atoms with van der Waals surface area (Å²) in [5, 5.41) is 6.07. The van der Waals surface area contributed by atoms with Crippen LogP contribution in [0, 0.1) is 0 Å². The predicted molar refractivity (Wildman–Crippen MR) is 145 cm³/mol. The zero-order chi connectivity index (χ0) is 25.9. The second-order valence-electron chi connectivity index (χ2n) is 7.99. The van der Waals surface area contributed by atoms with Gasteiger partial charge in [0.1, 0.15) is 11.3 Å². The second-order valence-corrected chi connectivity index (χ2v) is 8.40. The van der Waals surface area contributed by atoms with Crippen LogP contribution < -0.4 is 19.8 Å². The summed E-state index contributed by atoms with van der Waals surface area (Å²) in [5.74, 6) is 2.23. The zero-order valence-electron chi connectivity index (χ0n) is 20.5. The summed E-state index contributed by atoms with van der Waals surface area (Å²) in [5.41, 5.74) is 1.41. The molecule has 37 heavy (non-hydrogen) atoms. The molecule has 3 aromatic carbocycles. The molecule has 9 heteroatoms. The Labute approximate surface area is 217 Å². The molecule has 5 rings (SSSR count). The minimum absolute atomic E-state index is 0.250. The third kappa shape index (κ3) is 4.63. The fraction of sp³-hybridized carbons (Fsp3) is 0.179. The van der Waals surface area contributed by atoms with Crippen LogP contribution in [0.3, 0.4) is 0 Å². The maximum Gasteiger partial charge on any atom is 0.282 e. The van der Waals surface area contributed by atoms with Gasteiger partial charge in [0.2, 0.25) is 5.82 Å². The lowest BCUT2D eigenvalue weighted by atomic mass is 10.2. The number of methoxy groups -OCH3 is 1. The Bertz CT molecular complexity index is 1690. The first kappa shape index (κ1) is 24.4. The quantitative estimate of drug-likeness (QED) is 0.229. The molecule has 0 spiro atoms. The van der Waals surface area contributed by atoms with Crippen molar-refractivity contribution in [3.8, 4) is 28.8 Å². The molecule has 2 heterocycles. The lowest BCUT2D eigenvalue weighted by Gasteiger charge is -2.13. The Balaban J connectivity index is 1.68. The second kappa shape index (κ2) is 10.4. The number of ether oxygens (including phenoxy) is 3. The van der Waals surface area contributed by atoms with Gasteiger partial charge in [0.25, 0.3) is 5.56 Å². The van der Waals surface area contributed by atoms with E-state index in [1.165, 1.54) is 10.9 Å². The van der Waals surface area contributed by atoms with Gasteiger partial charge in [-0.25, -0.2) is 4.98 Å². The van der Waals surface area contributed by atoms with Crippen molar-refractivity contribution in [2.75, 3.05) is 20.3 Å². The van der Waals surface area contributed by atoms with Crippen LogP contribution in [0.2, 0.25) is 5.02 Å². The molecule has 0 aliphatic heterocycles. The highest BCUT2D eigenvalue weighted by Gasteiger charge is 2.18. The smallest absolute Gasteiger partial charge is 0.282 e. The first-order valence-electron chi connectivity index (χ1n) is 11.8. The molecular formula is C28H24ClN3O5. The molecule has 0 radical (unpaired) electrons. The van der Waals surface area contributed by atoms with Crippen molar-refractivity contribution in [1.82, 2.24) is 9.66 Å². The van der Waals surface area contributed by atoms with Gasteiger partial charge in [0.15, 0.2) is 17.3 Å². The lowest BCUT2D eigenvalue weighted by Crippen LogP contribution is -2.20. The van der Waals surface area contributed by atoms with Crippen LogP contribution in [0.5, 0.6) is 17.2 Å². The molecule has 0 aliphatic rings. The lowest BCUT2D eigenvalue weighted by molar-refractivity contribution is 0.288. The van der Waals surface area contributed by atoms with Crippen molar-refractivity contribution in [2.45, 2.75) is 13.8 Å². The average molecular weight is 518 g/mol. The summed E-state index contributed by atoms with van der Waals surface area (Å²) in [4.78, 5) is 18.2. The van der Waals surface area contributed by atoms with Gasteiger partial charge in [0.05, 0.1) is 47.8 Å². The van der Waals surface area contributed by atoms with Crippen molar-refractivity contribution in [3.05, 3.63) is 81.6 Å². The average Bonchev–Trinajstić information content (AvgIpc) is 3.34. The first-order chi connectivity index (χ1) is 18.0. The molecule has 8 nitrogen and oxygen atoms in total. The summed E-state index contributed by atoms with van der Waals surface area (Å²) in [6.07, 6.45) is 1.52. The van der Waals surface area contributed by atoms with Gasteiger partial charge in [-0.05, 0) is 61.9 Å². The van der Waals surface area contributed by atoms with Gasteiger partial charge in [-0.2, -0.15) is 9.78 Å². The number of nitrogens with zero attached hydrogens (tertiary/aromatic N) is 3. The van der Waals surface area contributed by atoms with Gasteiger partial charge in [-0.1, -0.05) is 29.8 Å². The number of hydrogen-bond acceptors (Lipinski definition) is 7. The highest BCUT2D eigenvalue weighted by molar-refractivity contribution is 6.32. The molecule has 0 N–H and O–H groups in total. The largest absolute Gasteiger partial charge is 0.496 e. The van der Waals surface area contributed by atoms with E-state index in [9.17, 15) is 4.79 Å². The summed E-state index contributed by atoms with van der Waals surface area (Å²) >= 11 is 6.47. The summed E-state index contributed by atoms with van der Waals surface area (Å²) < 4.78 is 24.1. The number of para-hydroxylation sites is 1. The van der Waals surface area contributed by atoms with E-state index in [1.54, 1.807) is 43.5 Å². The first-order valence-corrected chi connectivity index (χ1v) is 12.1. The molecule has 0 aliphatic carbocycles. The normalized spacial score (nSPS) is 11.5. The van der Waals surface area contributed by atoms with E-state index in [-0.39, 0.29) is 11.4 Å². The van der Waals surface area contributed by atoms with E-state index in [0.717, 1.165) is 5.39 Å². The van der Waals surface area contributed by atoms with Crippen LogP contribution in [0.25, 0.3) is 33.5 Å². The number of aromatic nitrogens is 2. The number of benzene rings is 3. The SMILES string of the molecule is CCOc1cc(C=Nn2c(-c3cc4c(OC)cccc4o3)nc3ccccc3c2=O)cc(Cl)c1OCC. The summed E-state index contributed by atoms with van der Waals surface area (Å²) in [7, 11) is 1.59. The monoisotopic (exact) mass is 517 g/mol. The van der Waals surface area contributed by atoms with Crippen LogP contribution in [0.15, 0.2) is 75.0 Å². The van der Waals surface area contributed by atoms with Crippen molar-refractivity contribution < 1.29 is 18.6 Å². The maximum atomic E-state index is 13.5. The number of fused-ring (bicyclic) bond motifs is 2. The molecular weight excluding hydrogens is 494 g/mol. The third-order valence-electron chi connectivity index (χ3n) is 5.66. The summed E-state index contributed by atoms with van der Waals surface area (Å²) in [6.45, 7) is 4.62. The highest BCUT2D eigenvalue weighted by atomic mass is 35.5. The van der Waals surface area contributed by atoms with Crippen LogP contribution in [0.4, 0.5) is 0 Å².